The zero-order valence-corrected chi connectivity index (χ0v) is 40.5. The summed E-state index contributed by atoms with van der Waals surface area (Å²) in [7, 11) is 0. The van der Waals surface area contributed by atoms with Gasteiger partial charge in [-0.3, -0.25) is 43.3 Å². The number of aliphatic imine (C=N–C) groups is 1. The highest BCUT2D eigenvalue weighted by atomic mass is 16.3. The van der Waals surface area contributed by atoms with Crippen molar-refractivity contribution in [3.05, 3.63) is 23.9 Å². The van der Waals surface area contributed by atoms with Gasteiger partial charge in [0.2, 0.25) is 41.4 Å². The van der Waals surface area contributed by atoms with Crippen molar-refractivity contribution in [3.63, 3.8) is 0 Å². The van der Waals surface area contributed by atoms with Crippen LogP contribution in [0.5, 0.6) is 0 Å². The van der Waals surface area contributed by atoms with Crippen LogP contribution in [-0.2, 0) is 38.4 Å². The minimum atomic E-state index is -1.91. The Morgan fingerprint density at radius 1 is 0.739 bits per heavy atom. The second-order valence-electron chi connectivity index (χ2n) is 17.1. The molecule has 9 atom stereocenters. The second-order valence-corrected chi connectivity index (χ2v) is 17.1. The Hall–Kier alpha value is -5.73. The molecule has 0 aromatic heterocycles. The van der Waals surface area contributed by atoms with Crippen LogP contribution in [0.1, 0.15) is 105 Å². The molecule has 1 aliphatic rings. The van der Waals surface area contributed by atoms with Crippen molar-refractivity contribution in [2.45, 2.75) is 159 Å². The predicted molar refractivity (Wildman–Crippen MR) is 257 cm³/mol. The number of carbonyl (C=O) groups excluding carboxylic acids is 8. The van der Waals surface area contributed by atoms with E-state index in [1.54, 1.807) is 13.8 Å². The van der Waals surface area contributed by atoms with Gasteiger partial charge in [0, 0.05) is 32.6 Å². The van der Waals surface area contributed by atoms with E-state index in [-0.39, 0.29) is 57.1 Å². The van der Waals surface area contributed by atoms with Crippen LogP contribution in [0.3, 0.4) is 0 Å². The van der Waals surface area contributed by atoms with Gasteiger partial charge in [-0.15, -0.1) is 0 Å². The number of aliphatic hydroxyl groups is 3. The minimum absolute atomic E-state index is 0.00531. The fourth-order valence-corrected chi connectivity index (χ4v) is 6.92. The van der Waals surface area contributed by atoms with Crippen LogP contribution < -0.4 is 71.2 Å². The number of nitrogens with zero attached hydrogens (tertiary/aromatic N) is 1. The topological polar surface area (TPSA) is 436 Å². The SMILES string of the molecule is C/C=C1\NC(=O)C(NC(=O)CCC/C=C/CCCCCC)C(O)CNC(=O)C(C(O)CN)NC(=O)[C@H](C(O)CN)NC(=O)[C@H](CCCN=C(N)N)NC(=O)[C@H](CC(C)C)NC(=O)[C@H](CCN)NC1=O. The summed E-state index contributed by atoms with van der Waals surface area (Å²) >= 11 is 0. The lowest BCUT2D eigenvalue weighted by Gasteiger charge is -2.30. The molecule has 0 spiro atoms. The maximum atomic E-state index is 14.0. The van der Waals surface area contributed by atoms with E-state index in [0.717, 1.165) is 32.1 Å². The van der Waals surface area contributed by atoms with Gasteiger partial charge in [-0.1, -0.05) is 58.3 Å². The van der Waals surface area contributed by atoms with Crippen LogP contribution in [0.15, 0.2) is 28.9 Å². The summed E-state index contributed by atoms with van der Waals surface area (Å²) in [4.78, 5) is 114. The molecule has 25 heteroatoms. The number of carbonyl (C=O) groups is 8. The first-order valence-electron chi connectivity index (χ1n) is 23.7. The molecule has 392 valence electrons. The zero-order valence-electron chi connectivity index (χ0n) is 40.5. The molecule has 25 nitrogen and oxygen atoms in total. The highest BCUT2D eigenvalue weighted by Crippen LogP contribution is 2.11. The number of β-amino-alcohol motifs (C(OH)–C–C–N with tert-alkyl or cyclic N) is 1. The van der Waals surface area contributed by atoms with E-state index in [9.17, 15) is 53.7 Å². The number of unbranched alkanes of at least 4 members (excludes halogenated alkanes) is 5. The third kappa shape index (κ3) is 23.4. The Bertz CT molecular complexity index is 1760. The normalized spacial score (nSPS) is 24.5. The van der Waals surface area contributed by atoms with Gasteiger partial charge >= 0.3 is 0 Å². The molecule has 1 heterocycles. The number of nitrogens with one attached hydrogen (secondary N) is 8. The average Bonchev–Trinajstić information content (AvgIpc) is 3.30. The van der Waals surface area contributed by atoms with Crippen molar-refractivity contribution in [1.82, 2.24) is 42.5 Å². The summed E-state index contributed by atoms with van der Waals surface area (Å²) in [5.41, 5.74) is 27.7. The third-order valence-electron chi connectivity index (χ3n) is 10.8. The van der Waals surface area contributed by atoms with Crippen molar-refractivity contribution in [3.8, 4) is 0 Å². The lowest BCUT2D eigenvalue weighted by Crippen LogP contribution is -2.64. The van der Waals surface area contributed by atoms with E-state index in [2.05, 4.69) is 54.5 Å². The van der Waals surface area contributed by atoms with Gasteiger partial charge in [-0.05, 0) is 70.8 Å². The highest BCUT2D eigenvalue weighted by molar-refractivity contribution is 6.02. The first kappa shape index (κ1) is 61.3. The summed E-state index contributed by atoms with van der Waals surface area (Å²) in [5.74, 6) is -8.36. The van der Waals surface area contributed by atoms with Gasteiger partial charge in [0.25, 0.3) is 5.91 Å². The standard InChI is InChI=1S/C44H80N14O11/c1-5-7-8-9-10-11-12-13-14-17-33(62)56-36-32(61)24-51-41(67)34(30(59)22-46)58-43(69)35(31(60)23-47)57-39(65)27(16-15-20-50-44(48)49)53-40(66)29(21-25(3)4)55-38(64)28(18-19-45)54-37(63)26(6-2)52-42(36)68/h6,11-12,25,27-32,34-36,59-61H,5,7-10,13-24,45-47H2,1-4H3,(H,51,67)(H,52,68)(H,53,66)(H,54,63)(H,55,64)(H,56,62)(H,57,65)(H,58,69)(H4,48,49,50)/b12-11+,26-6-/t27-,28-,29-,30?,31?,32?,34?,35-,36?/m0/s1. The number of hydrogen-bond acceptors (Lipinski definition) is 15. The molecule has 0 aromatic rings. The smallest absolute Gasteiger partial charge is 0.268 e. The molecule has 5 unspecified atom stereocenters. The lowest BCUT2D eigenvalue weighted by atomic mass is 10.0. The van der Waals surface area contributed by atoms with Gasteiger partial charge in [0.1, 0.15) is 48.1 Å². The fourth-order valence-electron chi connectivity index (χ4n) is 6.92. The maximum absolute atomic E-state index is 14.0. The monoisotopic (exact) mass is 981 g/mol. The zero-order chi connectivity index (χ0) is 52.1. The van der Waals surface area contributed by atoms with Gasteiger partial charge in [-0.2, -0.15) is 0 Å². The Kier molecular flexibility index (Phi) is 29.9. The van der Waals surface area contributed by atoms with Gasteiger partial charge in [0.15, 0.2) is 5.96 Å². The van der Waals surface area contributed by atoms with Gasteiger partial charge < -0.3 is 86.5 Å². The van der Waals surface area contributed by atoms with Crippen molar-refractivity contribution in [2.24, 2.45) is 39.6 Å². The van der Waals surface area contributed by atoms with Crippen molar-refractivity contribution >= 4 is 53.2 Å². The number of amides is 8. The van der Waals surface area contributed by atoms with Gasteiger partial charge in [0.05, 0.1) is 12.2 Å². The number of aliphatic hydroxyl groups excluding tert-OH is 3. The number of hydrogen-bond donors (Lipinski definition) is 16. The Balaban J connectivity index is 3.81. The van der Waals surface area contributed by atoms with Crippen LogP contribution in [0.25, 0.3) is 0 Å². The van der Waals surface area contributed by atoms with Crippen LogP contribution >= 0.6 is 0 Å². The molecule has 0 bridgehead atoms. The van der Waals surface area contributed by atoms with E-state index in [0.29, 0.717) is 12.8 Å². The Morgan fingerprint density at radius 2 is 1.30 bits per heavy atom. The van der Waals surface area contributed by atoms with E-state index < -0.39 is 127 Å². The van der Waals surface area contributed by atoms with E-state index in [1.807, 2.05) is 12.2 Å². The second kappa shape index (κ2) is 33.7. The Labute approximate surface area is 404 Å². The molecule has 0 radical (unpaired) electrons. The predicted octanol–water partition coefficient (Wildman–Crippen LogP) is -4.81. The van der Waals surface area contributed by atoms with Crippen LogP contribution in [-0.4, -0.2) is 156 Å². The summed E-state index contributed by atoms with van der Waals surface area (Å²) < 4.78 is 0. The third-order valence-corrected chi connectivity index (χ3v) is 10.8. The highest BCUT2D eigenvalue weighted by Gasteiger charge is 2.38. The lowest BCUT2D eigenvalue weighted by molar-refractivity contribution is -0.138. The Morgan fingerprint density at radius 3 is 1.88 bits per heavy atom. The van der Waals surface area contributed by atoms with Crippen molar-refractivity contribution in [1.29, 1.82) is 0 Å². The fraction of sp³-hybridized carbons (Fsp3) is 0.705. The van der Waals surface area contributed by atoms with Gasteiger partial charge in [-0.25, -0.2) is 0 Å². The molecule has 1 aliphatic heterocycles. The number of guanidine groups is 1. The van der Waals surface area contributed by atoms with E-state index in [4.69, 9.17) is 28.7 Å². The summed E-state index contributed by atoms with van der Waals surface area (Å²) in [6.45, 7) is 4.92. The van der Waals surface area contributed by atoms with Crippen LogP contribution in [0.4, 0.5) is 0 Å². The molecule has 0 aromatic carbocycles. The molecule has 1 saturated heterocycles. The quantitative estimate of drug-likeness (QED) is 0.0159. The molecule has 21 N–H and O–H groups in total. The molecule has 69 heavy (non-hydrogen) atoms. The molecule has 0 saturated carbocycles. The molecular weight excluding hydrogens is 901 g/mol. The number of nitrogens with two attached hydrogens (primary N) is 5. The summed E-state index contributed by atoms with van der Waals surface area (Å²) in [5, 5.41) is 52.4. The molecule has 0 aliphatic carbocycles. The number of rotatable bonds is 22. The summed E-state index contributed by atoms with van der Waals surface area (Å²) in [6.07, 6.45) is 5.63. The first-order chi connectivity index (χ1) is 32.7. The van der Waals surface area contributed by atoms with Crippen LogP contribution in [0.2, 0.25) is 0 Å². The minimum Gasteiger partial charge on any atom is -0.389 e. The molecule has 1 fully saturated rings. The maximum Gasteiger partial charge on any atom is 0.268 e. The van der Waals surface area contributed by atoms with E-state index in [1.165, 1.54) is 13.0 Å². The summed E-state index contributed by atoms with van der Waals surface area (Å²) in [6, 6.07) is -9.82. The average molecular weight is 981 g/mol. The first-order valence-corrected chi connectivity index (χ1v) is 23.7. The molecule has 1 rings (SSSR count). The van der Waals surface area contributed by atoms with Crippen LogP contribution in [0, 0.1) is 5.92 Å². The molecule has 8 amide bonds. The van der Waals surface area contributed by atoms with Crippen molar-refractivity contribution < 1.29 is 53.7 Å². The molecular formula is C44H80N14O11. The number of allylic oxidation sites excluding steroid dienone is 3. The van der Waals surface area contributed by atoms with E-state index >= 15 is 0 Å². The largest absolute Gasteiger partial charge is 0.389 e. The van der Waals surface area contributed by atoms with Crippen molar-refractivity contribution in [2.75, 3.05) is 32.7 Å².